The summed E-state index contributed by atoms with van der Waals surface area (Å²) in [6, 6.07) is 6.79. The SMILES string of the molecule is Cc1nnc(NC(=O)[C@@H](C)Nc2ccc(Cl)cc2)s1. The molecule has 1 aromatic carbocycles. The standard InChI is InChI=1S/C12H13ClN4OS/c1-7(14-10-5-3-9(13)4-6-10)11(18)15-12-17-16-8(2)19-12/h3-7,14H,1-2H3,(H,15,17,18)/t7-/m1/s1. The molecule has 2 N–H and O–H groups in total. The van der Waals surface area contributed by atoms with Gasteiger partial charge in [-0.1, -0.05) is 22.9 Å². The number of benzene rings is 1. The lowest BCUT2D eigenvalue weighted by Crippen LogP contribution is -2.31. The smallest absolute Gasteiger partial charge is 0.248 e. The van der Waals surface area contributed by atoms with Gasteiger partial charge >= 0.3 is 0 Å². The molecule has 0 saturated carbocycles. The van der Waals surface area contributed by atoms with Crippen molar-refractivity contribution in [2.75, 3.05) is 10.6 Å². The fourth-order valence-electron chi connectivity index (χ4n) is 1.42. The number of aryl methyl sites for hydroxylation is 1. The number of rotatable bonds is 4. The Morgan fingerprint density at radius 2 is 2.00 bits per heavy atom. The second-order valence-corrected chi connectivity index (χ2v) is 5.61. The van der Waals surface area contributed by atoms with E-state index in [0.29, 0.717) is 10.2 Å². The number of amides is 1. The summed E-state index contributed by atoms with van der Waals surface area (Å²) in [5.74, 6) is -0.161. The summed E-state index contributed by atoms with van der Waals surface area (Å²) >= 11 is 7.14. The van der Waals surface area contributed by atoms with Gasteiger partial charge in [0, 0.05) is 10.7 Å². The lowest BCUT2D eigenvalue weighted by Gasteiger charge is -2.14. The topological polar surface area (TPSA) is 66.9 Å². The van der Waals surface area contributed by atoms with Crippen LogP contribution in [0.4, 0.5) is 10.8 Å². The number of halogens is 1. The van der Waals surface area contributed by atoms with E-state index in [4.69, 9.17) is 11.6 Å². The van der Waals surface area contributed by atoms with Gasteiger partial charge in [0.1, 0.15) is 11.0 Å². The molecule has 0 aliphatic carbocycles. The molecular weight excluding hydrogens is 284 g/mol. The summed E-state index contributed by atoms with van der Waals surface area (Å²) in [7, 11) is 0. The minimum absolute atomic E-state index is 0.161. The van der Waals surface area contributed by atoms with E-state index < -0.39 is 0 Å². The van der Waals surface area contributed by atoms with E-state index in [1.165, 1.54) is 11.3 Å². The van der Waals surface area contributed by atoms with Gasteiger partial charge in [0.15, 0.2) is 0 Å². The van der Waals surface area contributed by atoms with Gasteiger partial charge in [-0.3, -0.25) is 10.1 Å². The minimum Gasteiger partial charge on any atom is -0.374 e. The van der Waals surface area contributed by atoms with Gasteiger partial charge in [0.2, 0.25) is 11.0 Å². The van der Waals surface area contributed by atoms with Crippen molar-refractivity contribution in [1.82, 2.24) is 10.2 Å². The van der Waals surface area contributed by atoms with Crippen molar-refractivity contribution < 1.29 is 4.79 Å². The van der Waals surface area contributed by atoms with Crippen LogP contribution in [0.1, 0.15) is 11.9 Å². The van der Waals surface area contributed by atoms with Crippen LogP contribution >= 0.6 is 22.9 Å². The summed E-state index contributed by atoms with van der Waals surface area (Å²) in [5.41, 5.74) is 0.834. The van der Waals surface area contributed by atoms with Crippen LogP contribution in [0.3, 0.4) is 0 Å². The first-order valence-corrected chi connectivity index (χ1v) is 6.87. The maximum absolute atomic E-state index is 11.9. The van der Waals surface area contributed by atoms with Crippen LogP contribution in [0, 0.1) is 6.92 Å². The third-order valence-electron chi connectivity index (χ3n) is 2.38. The normalized spacial score (nSPS) is 11.9. The van der Waals surface area contributed by atoms with Crippen molar-refractivity contribution in [3.05, 3.63) is 34.3 Å². The van der Waals surface area contributed by atoms with E-state index in [1.54, 1.807) is 19.1 Å². The zero-order chi connectivity index (χ0) is 13.8. The molecule has 19 heavy (non-hydrogen) atoms. The molecule has 0 radical (unpaired) electrons. The predicted molar refractivity (Wildman–Crippen MR) is 77.8 cm³/mol. The van der Waals surface area contributed by atoms with Crippen molar-refractivity contribution in [3.63, 3.8) is 0 Å². The van der Waals surface area contributed by atoms with Gasteiger partial charge < -0.3 is 5.32 Å². The zero-order valence-corrected chi connectivity index (χ0v) is 12.0. The van der Waals surface area contributed by atoms with Gasteiger partial charge in [-0.2, -0.15) is 0 Å². The number of carbonyl (C=O) groups is 1. The Morgan fingerprint density at radius 3 is 2.58 bits per heavy atom. The van der Waals surface area contributed by atoms with Crippen LogP contribution in [-0.2, 0) is 4.79 Å². The maximum atomic E-state index is 11.9. The van der Waals surface area contributed by atoms with E-state index in [0.717, 1.165) is 10.7 Å². The Labute approximate surface area is 120 Å². The highest BCUT2D eigenvalue weighted by Crippen LogP contribution is 2.16. The molecule has 0 aliphatic rings. The summed E-state index contributed by atoms with van der Waals surface area (Å²) in [6.45, 7) is 3.61. The molecule has 5 nitrogen and oxygen atoms in total. The number of aromatic nitrogens is 2. The van der Waals surface area contributed by atoms with Crippen LogP contribution in [0.15, 0.2) is 24.3 Å². The van der Waals surface area contributed by atoms with E-state index >= 15 is 0 Å². The molecule has 1 atom stereocenters. The molecule has 0 unspecified atom stereocenters. The molecule has 2 aromatic rings. The molecule has 1 heterocycles. The monoisotopic (exact) mass is 296 g/mol. The summed E-state index contributed by atoms with van der Waals surface area (Å²) in [6.07, 6.45) is 0. The Bertz CT molecular complexity index is 569. The highest BCUT2D eigenvalue weighted by Gasteiger charge is 2.14. The van der Waals surface area contributed by atoms with Crippen molar-refractivity contribution >= 4 is 39.7 Å². The molecule has 100 valence electrons. The van der Waals surface area contributed by atoms with Crippen molar-refractivity contribution in [2.45, 2.75) is 19.9 Å². The third-order valence-corrected chi connectivity index (χ3v) is 3.38. The fraction of sp³-hybridized carbons (Fsp3) is 0.250. The first-order chi connectivity index (χ1) is 9.04. The van der Waals surface area contributed by atoms with Gasteiger partial charge in [-0.25, -0.2) is 0 Å². The van der Waals surface area contributed by atoms with E-state index in [2.05, 4.69) is 20.8 Å². The molecule has 0 saturated heterocycles. The quantitative estimate of drug-likeness (QED) is 0.910. The van der Waals surface area contributed by atoms with Crippen molar-refractivity contribution in [2.24, 2.45) is 0 Å². The minimum atomic E-state index is -0.384. The van der Waals surface area contributed by atoms with Crippen molar-refractivity contribution in [3.8, 4) is 0 Å². The van der Waals surface area contributed by atoms with Gasteiger partial charge in [0.05, 0.1) is 0 Å². The highest BCUT2D eigenvalue weighted by molar-refractivity contribution is 7.15. The van der Waals surface area contributed by atoms with E-state index in [9.17, 15) is 4.79 Å². The van der Waals surface area contributed by atoms with Gasteiger partial charge in [0.25, 0.3) is 0 Å². The number of anilines is 2. The van der Waals surface area contributed by atoms with Crippen LogP contribution in [0.2, 0.25) is 5.02 Å². The van der Waals surface area contributed by atoms with E-state index in [1.807, 2.05) is 19.1 Å². The molecule has 1 amide bonds. The average molecular weight is 297 g/mol. The molecule has 1 aromatic heterocycles. The highest BCUT2D eigenvalue weighted by atomic mass is 35.5. The lowest BCUT2D eigenvalue weighted by molar-refractivity contribution is -0.116. The van der Waals surface area contributed by atoms with Crippen molar-refractivity contribution in [1.29, 1.82) is 0 Å². The lowest BCUT2D eigenvalue weighted by atomic mass is 10.2. The van der Waals surface area contributed by atoms with E-state index in [-0.39, 0.29) is 11.9 Å². The molecule has 0 spiro atoms. The number of nitrogens with zero attached hydrogens (tertiary/aromatic N) is 2. The van der Waals surface area contributed by atoms with Crippen LogP contribution in [0.25, 0.3) is 0 Å². The first kappa shape index (κ1) is 13.8. The third kappa shape index (κ3) is 3.90. The second kappa shape index (κ2) is 5.99. The summed E-state index contributed by atoms with van der Waals surface area (Å²) in [4.78, 5) is 11.9. The second-order valence-electron chi connectivity index (χ2n) is 3.99. The Morgan fingerprint density at radius 1 is 1.32 bits per heavy atom. The number of hydrogen-bond acceptors (Lipinski definition) is 5. The molecule has 0 aliphatic heterocycles. The molecular formula is C12H13ClN4OS. The maximum Gasteiger partial charge on any atom is 0.248 e. The summed E-state index contributed by atoms with van der Waals surface area (Å²) < 4.78 is 0. The van der Waals surface area contributed by atoms with Crippen LogP contribution in [0.5, 0.6) is 0 Å². The molecule has 0 fully saturated rings. The fourth-order valence-corrected chi connectivity index (χ4v) is 2.14. The zero-order valence-electron chi connectivity index (χ0n) is 10.5. The summed E-state index contributed by atoms with van der Waals surface area (Å²) in [5, 5.41) is 15.5. The Balaban J connectivity index is 1.94. The first-order valence-electron chi connectivity index (χ1n) is 5.67. The Hall–Kier alpha value is -1.66. The van der Waals surface area contributed by atoms with Crippen LogP contribution < -0.4 is 10.6 Å². The van der Waals surface area contributed by atoms with Gasteiger partial charge in [-0.05, 0) is 38.1 Å². The number of carbonyl (C=O) groups excluding carboxylic acids is 1. The Kier molecular flexibility index (Phi) is 4.34. The largest absolute Gasteiger partial charge is 0.374 e. The van der Waals surface area contributed by atoms with Gasteiger partial charge in [-0.15, -0.1) is 10.2 Å². The predicted octanol–water partition coefficient (Wildman–Crippen LogP) is 2.94. The average Bonchev–Trinajstić information content (AvgIpc) is 2.77. The number of hydrogen-bond donors (Lipinski definition) is 2. The number of nitrogens with one attached hydrogen (secondary N) is 2. The van der Waals surface area contributed by atoms with Crippen LogP contribution in [-0.4, -0.2) is 22.1 Å². The molecule has 7 heteroatoms. The molecule has 2 rings (SSSR count). The molecule has 0 bridgehead atoms.